The highest BCUT2D eigenvalue weighted by atomic mass is 32.2. The predicted octanol–water partition coefficient (Wildman–Crippen LogP) is 1.61. The monoisotopic (exact) mass is 401 g/mol. The molecule has 150 valence electrons. The van der Waals surface area contributed by atoms with E-state index in [0.29, 0.717) is 25.4 Å². The molecule has 0 aliphatic carbocycles. The van der Waals surface area contributed by atoms with Crippen LogP contribution in [0.15, 0.2) is 42.5 Å². The van der Waals surface area contributed by atoms with Crippen molar-refractivity contribution in [3.63, 3.8) is 0 Å². The molecule has 1 amide bonds. The quantitative estimate of drug-likeness (QED) is 0.779. The zero-order chi connectivity index (χ0) is 19.7. The van der Waals surface area contributed by atoms with Crippen LogP contribution < -0.4 is 4.90 Å². The van der Waals surface area contributed by atoms with Crippen molar-refractivity contribution >= 4 is 32.2 Å². The maximum Gasteiger partial charge on any atom is 0.242 e. The van der Waals surface area contributed by atoms with Crippen LogP contribution in [0.1, 0.15) is 6.42 Å². The Balaban J connectivity index is 1.32. The highest BCUT2D eigenvalue weighted by Crippen LogP contribution is 2.22. The first-order valence-corrected chi connectivity index (χ1v) is 11.7. The number of likely N-dealkylation sites (N-methyl/N-ethyl adjacent to an activating group) is 1. The highest BCUT2D eigenvalue weighted by molar-refractivity contribution is 7.91. The van der Waals surface area contributed by atoms with E-state index in [1.165, 1.54) is 10.8 Å². The SMILES string of the molecule is CN(CC(=O)N1CCN([C@H]2CCS(=O)(=O)C2)CC1)c1ccc2ccccc2c1. The number of amides is 1. The first-order valence-electron chi connectivity index (χ1n) is 9.83. The van der Waals surface area contributed by atoms with Gasteiger partial charge in [-0.05, 0) is 29.3 Å². The van der Waals surface area contributed by atoms with Crippen molar-refractivity contribution in [1.82, 2.24) is 9.80 Å². The van der Waals surface area contributed by atoms with E-state index in [-0.39, 0.29) is 17.7 Å². The number of rotatable bonds is 4. The summed E-state index contributed by atoms with van der Waals surface area (Å²) in [6.07, 6.45) is 0.723. The molecule has 28 heavy (non-hydrogen) atoms. The van der Waals surface area contributed by atoms with E-state index in [1.807, 2.05) is 35.0 Å². The summed E-state index contributed by atoms with van der Waals surface area (Å²) >= 11 is 0. The van der Waals surface area contributed by atoms with Crippen LogP contribution in [0.2, 0.25) is 0 Å². The Morgan fingerprint density at radius 2 is 1.79 bits per heavy atom. The van der Waals surface area contributed by atoms with Crippen LogP contribution >= 0.6 is 0 Å². The zero-order valence-electron chi connectivity index (χ0n) is 16.3. The molecule has 1 atom stereocenters. The largest absolute Gasteiger partial charge is 0.365 e. The molecule has 7 heteroatoms. The minimum atomic E-state index is -2.87. The van der Waals surface area contributed by atoms with Crippen LogP contribution in [-0.2, 0) is 14.6 Å². The second-order valence-electron chi connectivity index (χ2n) is 7.86. The van der Waals surface area contributed by atoms with Crippen LogP contribution in [-0.4, -0.2) is 81.4 Å². The van der Waals surface area contributed by atoms with Crippen LogP contribution in [0.4, 0.5) is 5.69 Å². The van der Waals surface area contributed by atoms with E-state index in [0.717, 1.165) is 25.2 Å². The molecular weight excluding hydrogens is 374 g/mol. The van der Waals surface area contributed by atoms with Gasteiger partial charge in [0.05, 0.1) is 18.1 Å². The summed E-state index contributed by atoms with van der Waals surface area (Å²) < 4.78 is 23.4. The Labute approximate surface area is 166 Å². The van der Waals surface area contributed by atoms with Gasteiger partial charge in [0.2, 0.25) is 5.91 Å². The first kappa shape index (κ1) is 19.2. The van der Waals surface area contributed by atoms with E-state index in [1.54, 1.807) is 0 Å². The Bertz CT molecular complexity index is 968. The van der Waals surface area contributed by atoms with Crippen molar-refractivity contribution < 1.29 is 13.2 Å². The van der Waals surface area contributed by atoms with Crippen molar-refractivity contribution in [3.8, 4) is 0 Å². The zero-order valence-corrected chi connectivity index (χ0v) is 17.1. The minimum Gasteiger partial charge on any atom is -0.365 e. The smallest absolute Gasteiger partial charge is 0.242 e. The van der Waals surface area contributed by atoms with Crippen molar-refractivity contribution in [1.29, 1.82) is 0 Å². The highest BCUT2D eigenvalue weighted by Gasteiger charge is 2.34. The molecule has 0 bridgehead atoms. The summed E-state index contributed by atoms with van der Waals surface area (Å²) in [5.74, 6) is 0.688. The lowest BCUT2D eigenvalue weighted by atomic mass is 10.1. The standard InChI is InChI=1S/C21H27N3O3S/c1-22(19-7-6-17-4-2-3-5-18(17)14-19)15-21(25)24-11-9-23(10-12-24)20-8-13-28(26,27)16-20/h2-7,14,20H,8-13,15-16H2,1H3/t20-/m0/s1. The number of hydrogen-bond acceptors (Lipinski definition) is 5. The Morgan fingerprint density at radius 1 is 1.07 bits per heavy atom. The number of benzene rings is 2. The van der Waals surface area contributed by atoms with Crippen molar-refractivity contribution in [2.24, 2.45) is 0 Å². The lowest BCUT2D eigenvalue weighted by molar-refractivity contribution is -0.131. The molecule has 0 saturated carbocycles. The van der Waals surface area contributed by atoms with Gasteiger partial charge in [0.15, 0.2) is 9.84 Å². The Hall–Kier alpha value is -2.12. The number of sulfone groups is 1. The number of carbonyl (C=O) groups is 1. The van der Waals surface area contributed by atoms with Gasteiger partial charge in [-0.3, -0.25) is 9.69 Å². The third-order valence-corrected chi connectivity index (χ3v) is 7.69. The summed E-state index contributed by atoms with van der Waals surface area (Å²) in [6.45, 7) is 3.19. The fourth-order valence-corrected chi connectivity index (χ4v) is 5.97. The number of anilines is 1. The Kier molecular flexibility index (Phi) is 5.29. The maximum absolute atomic E-state index is 12.7. The molecule has 0 spiro atoms. The summed E-state index contributed by atoms with van der Waals surface area (Å²) in [5, 5.41) is 2.36. The van der Waals surface area contributed by atoms with Crippen LogP contribution in [0, 0.1) is 0 Å². The van der Waals surface area contributed by atoms with E-state index in [9.17, 15) is 13.2 Å². The fourth-order valence-electron chi connectivity index (χ4n) is 4.21. The van der Waals surface area contributed by atoms with Gasteiger partial charge in [-0.25, -0.2) is 8.42 Å². The maximum atomic E-state index is 12.7. The first-order chi connectivity index (χ1) is 13.4. The number of piperazine rings is 1. The molecule has 2 aliphatic rings. The molecule has 2 fully saturated rings. The average molecular weight is 402 g/mol. The van der Waals surface area contributed by atoms with Gasteiger partial charge in [0.1, 0.15) is 0 Å². The lowest BCUT2D eigenvalue weighted by Gasteiger charge is -2.38. The van der Waals surface area contributed by atoms with Crippen LogP contribution in [0.25, 0.3) is 10.8 Å². The molecule has 0 radical (unpaired) electrons. The molecule has 2 aliphatic heterocycles. The van der Waals surface area contributed by atoms with Gasteiger partial charge >= 0.3 is 0 Å². The Morgan fingerprint density at radius 3 is 2.46 bits per heavy atom. The van der Waals surface area contributed by atoms with E-state index >= 15 is 0 Å². The second-order valence-corrected chi connectivity index (χ2v) is 10.1. The molecule has 6 nitrogen and oxygen atoms in total. The molecule has 4 rings (SSSR count). The third kappa shape index (κ3) is 4.15. The van der Waals surface area contributed by atoms with Gasteiger partial charge in [-0.1, -0.05) is 30.3 Å². The van der Waals surface area contributed by atoms with Gasteiger partial charge in [-0.15, -0.1) is 0 Å². The summed E-state index contributed by atoms with van der Waals surface area (Å²) in [4.78, 5) is 18.9. The molecular formula is C21H27N3O3S. The predicted molar refractivity (Wildman–Crippen MR) is 112 cm³/mol. The minimum absolute atomic E-state index is 0.120. The van der Waals surface area contributed by atoms with Gasteiger partial charge in [-0.2, -0.15) is 0 Å². The fraction of sp³-hybridized carbons (Fsp3) is 0.476. The van der Waals surface area contributed by atoms with Crippen LogP contribution in [0.5, 0.6) is 0 Å². The van der Waals surface area contributed by atoms with Gasteiger partial charge < -0.3 is 9.80 Å². The van der Waals surface area contributed by atoms with E-state index in [2.05, 4.69) is 29.2 Å². The number of fused-ring (bicyclic) bond motifs is 1. The summed E-state index contributed by atoms with van der Waals surface area (Å²) in [7, 11) is -0.920. The average Bonchev–Trinajstić information content (AvgIpc) is 3.07. The molecule has 0 aromatic heterocycles. The van der Waals surface area contributed by atoms with E-state index in [4.69, 9.17) is 0 Å². The third-order valence-electron chi connectivity index (χ3n) is 5.94. The molecule has 2 aromatic carbocycles. The topological polar surface area (TPSA) is 60.9 Å². The number of hydrogen-bond donors (Lipinski definition) is 0. The molecule has 2 aromatic rings. The molecule has 0 N–H and O–H groups in total. The summed E-state index contributed by atoms with van der Waals surface area (Å²) in [5.41, 5.74) is 1.03. The lowest BCUT2D eigenvalue weighted by Crippen LogP contribution is -2.53. The van der Waals surface area contributed by atoms with Crippen molar-refractivity contribution in [2.75, 3.05) is 56.2 Å². The van der Waals surface area contributed by atoms with Crippen LogP contribution in [0.3, 0.4) is 0 Å². The molecule has 2 saturated heterocycles. The molecule has 0 unspecified atom stereocenters. The second kappa shape index (κ2) is 7.72. The van der Waals surface area contributed by atoms with E-state index < -0.39 is 9.84 Å². The normalized spacial score (nSPS) is 22.5. The van der Waals surface area contributed by atoms with Crippen molar-refractivity contribution in [2.45, 2.75) is 12.5 Å². The summed E-state index contributed by atoms with van der Waals surface area (Å²) in [6, 6.07) is 14.6. The number of nitrogens with zero attached hydrogens (tertiary/aromatic N) is 3. The van der Waals surface area contributed by atoms with Gasteiger partial charge in [0.25, 0.3) is 0 Å². The van der Waals surface area contributed by atoms with Gasteiger partial charge in [0, 0.05) is 45.0 Å². The molecule has 2 heterocycles. The van der Waals surface area contributed by atoms with Crippen molar-refractivity contribution in [3.05, 3.63) is 42.5 Å². The number of carbonyl (C=O) groups excluding carboxylic acids is 1.